The Morgan fingerprint density at radius 1 is 1.27 bits per heavy atom. The summed E-state index contributed by atoms with van der Waals surface area (Å²) in [6, 6.07) is 8.87. The van der Waals surface area contributed by atoms with Gasteiger partial charge >= 0.3 is 0 Å². The number of ether oxygens (including phenoxy) is 1. The zero-order valence-electron chi connectivity index (χ0n) is 14.7. The van der Waals surface area contributed by atoms with Crippen LogP contribution in [0.4, 0.5) is 0 Å². The van der Waals surface area contributed by atoms with Crippen molar-refractivity contribution >= 4 is 33.1 Å². The number of allylic oxidation sites excluding steroid dienone is 1. The summed E-state index contributed by atoms with van der Waals surface area (Å²) in [6.07, 6.45) is 0. The van der Waals surface area contributed by atoms with Gasteiger partial charge in [-0.15, -0.1) is 11.6 Å². The number of para-hydroxylation sites is 1. The number of halogens is 1. The molecule has 3 rings (SSSR count). The average Bonchev–Trinajstić information content (AvgIpc) is 2.57. The van der Waals surface area contributed by atoms with E-state index in [-0.39, 0.29) is 29.4 Å². The van der Waals surface area contributed by atoms with Crippen molar-refractivity contribution in [3.05, 3.63) is 41.6 Å². The van der Waals surface area contributed by atoms with Crippen molar-refractivity contribution in [2.24, 2.45) is 5.41 Å². The Labute approximate surface area is 157 Å². The van der Waals surface area contributed by atoms with Gasteiger partial charge in [0.2, 0.25) is 5.91 Å². The molecule has 0 bridgehead atoms. The van der Waals surface area contributed by atoms with Crippen LogP contribution < -0.4 is 4.74 Å². The van der Waals surface area contributed by atoms with Gasteiger partial charge in [0.05, 0.1) is 11.4 Å². The van der Waals surface area contributed by atoms with E-state index in [1.54, 1.807) is 45.0 Å². The van der Waals surface area contributed by atoms with Gasteiger partial charge in [0, 0.05) is 11.0 Å². The molecule has 8 heteroatoms. The Balaban J connectivity index is 2.03. The minimum atomic E-state index is -3.69. The van der Waals surface area contributed by atoms with Crippen LogP contribution in [-0.4, -0.2) is 48.1 Å². The van der Waals surface area contributed by atoms with E-state index in [0.717, 1.165) is 4.90 Å². The lowest BCUT2D eigenvalue weighted by atomic mass is 9.86. The number of carbonyl (C=O) groups is 2. The van der Waals surface area contributed by atoms with E-state index < -0.39 is 31.9 Å². The van der Waals surface area contributed by atoms with Crippen LogP contribution >= 0.6 is 11.6 Å². The van der Waals surface area contributed by atoms with Crippen molar-refractivity contribution in [2.75, 3.05) is 12.4 Å². The molecule has 0 radical (unpaired) electrons. The lowest BCUT2D eigenvalue weighted by Gasteiger charge is -2.48. The van der Waals surface area contributed by atoms with E-state index in [1.165, 1.54) is 0 Å². The first-order valence-electron chi connectivity index (χ1n) is 8.17. The number of fused-ring (bicyclic) bond motifs is 1. The Hall–Kier alpha value is -1.86. The SMILES string of the molecule is CC(C)(C)C(=O)C1=C(COc2ccccc2)CS(=O)(=O)[C@H]2[C@@H](Cl)C(=O)N12. The third-order valence-corrected chi connectivity index (χ3v) is 6.89. The predicted molar refractivity (Wildman–Crippen MR) is 97.5 cm³/mol. The molecule has 0 aliphatic carbocycles. The lowest BCUT2D eigenvalue weighted by molar-refractivity contribution is -0.142. The standard InChI is InChI=1S/C18H20ClNO5S/c1-18(2,3)15(21)14-11(9-25-12-7-5-4-6-8-12)10-26(23,24)17-13(19)16(22)20(14)17/h4-8,13,17H,9-10H2,1-3H3/t13-,17-/m0/s1. The third kappa shape index (κ3) is 3.14. The van der Waals surface area contributed by atoms with Gasteiger partial charge in [-0.05, 0) is 12.1 Å². The normalized spacial score (nSPS) is 24.8. The van der Waals surface area contributed by atoms with Gasteiger partial charge in [-0.2, -0.15) is 0 Å². The van der Waals surface area contributed by atoms with Crippen LogP contribution in [-0.2, 0) is 19.4 Å². The summed E-state index contributed by atoms with van der Waals surface area (Å²) in [5.74, 6) is -0.674. The third-order valence-electron chi connectivity index (χ3n) is 4.35. The smallest absolute Gasteiger partial charge is 0.249 e. The number of ketones is 1. The Morgan fingerprint density at radius 3 is 2.46 bits per heavy atom. The van der Waals surface area contributed by atoms with Crippen LogP contribution in [0.5, 0.6) is 5.75 Å². The highest BCUT2D eigenvalue weighted by Gasteiger charge is 2.59. The van der Waals surface area contributed by atoms with Crippen molar-refractivity contribution < 1.29 is 22.7 Å². The van der Waals surface area contributed by atoms with E-state index in [9.17, 15) is 18.0 Å². The van der Waals surface area contributed by atoms with Gasteiger partial charge in [0.1, 0.15) is 17.7 Å². The monoisotopic (exact) mass is 397 g/mol. The van der Waals surface area contributed by atoms with Crippen molar-refractivity contribution in [1.29, 1.82) is 0 Å². The first kappa shape index (κ1) is 18.9. The molecule has 1 saturated heterocycles. The molecule has 2 aliphatic heterocycles. The summed E-state index contributed by atoms with van der Waals surface area (Å²) in [5, 5.41) is -2.34. The number of carbonyl (C=O) groups excluding carboxylic acids is 2. The first-order valence-corrected chi connectivity index (χ1v) is 10.3. The largest absolute Gasteiger partial charge is 0.489 e. The van der Waals surface area contributed by atoms with Crippen molar-refractivity contribution in [3.8, 4) is 5.75 Å². The zero-order chi connectivity index (χ0) is 19.3. The molecule has 140 valence electrons. The number of rotatable bonds is 4. The van der Waals surface area contributed by atoms with Crippen LogP contribution in [0.25, 0.3) is 0 Å². The predicted octanol–water partition coefficient (Wildman–Crippen LogP) is 2.14. The topological polar surface area (TPSA) is 80.8 Å². The maximum atomic E-state index is 12.9. The van der Waals surface area contributed by atoms with Crippen LogP contribution in [0, 0.1) is 5.41 Å². The number of benzene rings is 1. The van der Waals surface area contributed by atoms with Gasteiger partial charge in [0.15, 0.2) is 21.0 Å². The summed E-state index contributed by atoms with van der Waals surface area (Å²) in [6.45, 7) is 5.07. The summed E-state index contributed by atoms with van der Waals surface area (Å²) in [4.78, 5) is 26.2. The molecule has 0 N–H and O–H groups in total. The molecule has 0 saturated carbocycles. The van der Waals surface area contributed by atoms with Gasteiger partial charge in [-0.3, -0.25) is 14.5 Å². The van der Waals surface area contributed by atoms with E-state index in [0.29, 0.717) is 5.75 Å². The molecule has 1 amide bonds. The highest BCUT2D eigenvalue weighted by Crippen LogP contribution is 2.41. The van der Waals surface area contributed by atoms with Crippen LogP contribution in [0.1, 0.15) is 20.8 Å². The molecule has 6 nitrogen and oxygen atoms in total. The Morgan fingerprint density at radius 2 is 1.88 bits per heavy atom. The highest BCUT2D eigenvalue weighted by molar-refractivity contribution is 7.92. The maximum Gasteiger partial charge on any atom is 0.249 e. The fraction of sp³-hybridized carbons (Fsp3) is 0.444. The maximum absolute atomic E-state index is 12.9. The van der Waals surface area contributed by atoms with Crippen LogP contribution in [0.15, 0.2) is 41.6 Å². The fourth-order valence-corrected chi connectivity index (χ4v) is 5.57. The molecule has 0 unspecified atom stereocenters. The quantitative estimate of drug-likeness (QED) is 0.574. The number of β-lactam (4-membered cyclic amide) rings is 1. The van der Waals surface area contributed by atoms with E-state index in [2.05, 4.69) is 0 Å². The lowest BCUT2D eigenvalue weighted by Crippen LogP contribution is -2.68. The van der Waals surface area contributed by atoms with Gasteiger partial charge in [-0.1, -0.05) is 39.0 Å². The second-order valence-corrected chi connectivity index (χ2v) is 10.0. The highest BCUT2D eigenvalue weighted by atomic mass is 35.5. The van der Waals surface area contributed by atoms with Crippen LogP contribution in [0.2, 0.25) is 0 Å². The van der Waals surface area contributed by atoms with E-state index >= 15 is 0 Å². The van der Waals surface area contributed by atoms with Crippen molar-refractivity contribution in [3.63, 3.8) is 0 Å². The Kier molecular flexibility index (Phi) is 4.65. The summed E-state index contributed by atoms with van der Waals surface area (Å²) >= 11 is 5.93. The molecule has 2 aliphatic rings. The molecule has 0 aromatic heterocycles. The fourth-order valence-electron chi connectivity index (χ4n) is 3.00. The minimum Gasteiger partial charge on any atom is -0.489 e. The number of alkyl halides is 1. The minimum absolute atomic E-state index is 0.0934. The molecular formula is C18H20ClNO5S. The molecule has 1 fully saturated rings. The summed E-state index contributed by atoms with van der Waals surface area (Å²) in [5.41, 5.74) is -0.395. The van der Waals surface area contributed by atoms with Crippen LogP contribution in [0.3, 0.4) is 0 Å². The average molecular weight is 398 g/mol. The number of hydrogen-bond acceptors (Lipinski definition) is 5. The number of amides is 1. The van der Waals surface area contributed by atoms with E-state index in [1.807, 2.05) is 6.07 Å². The van der Waals surface area contributed by atoms with Gasteiger partial charge in [-0.25, -0.2) is 8.42 Å². The van der Waals surface area contributed by atoms with Crippen molar-refractivity contribution in [1.82, 2.24) is 4.90 Å². The van der Waals surface area contributed by atoms with E-state index in [4.69, 9.17) is 16.3 Å². The molecule has 1 aromatic rings. The number of nitrogens with zero attached hydrogens (tertiary/aromatic N) is 1. The molecular weight excluding hydrogens is 378 g/mol. The molecule has 26 heavy (non-hydrogen) atoms. The Bertz CT molecular complexity index is 886. The molecule has 1 aromatic carbocycles. The molecule has 0 spiro atoms. The van der Waals surface area contributed by atoms with Gasteiger partial charge in [0.25, 0.3) is 0 Å². The second-order valence-electron chi connectivity index (χ2n) is 7.44. The number of sulfone groups is 1. The number of hydrogen-bond donors (Lipinski definition) is 0. The molecule has 2 atom stereocenters. The van der Waals surface area contributed by atoms with Crippen molar-refractivity contribution in [2.45, 2.75) is 31.5 Å². The summed E-state index contributed by atoms with van der Waals surface area (Å²) < 4.78 is 30.8. The van der Waals surface area contributed by atoms with Gasteiger partial charge < -0.3 is 4.74 Å². The summed E-state index contributed by atoms with van der Waals surface area (Å²) in [7, 11) is -3.69. The number of Topliss-reactive ketones (excluding diaryl/α,β-unsaturated/α-hetero) is 1. The molecule has 2 heterocycles. The second kappa shape index (κ2) is 6.39. The zero-order valence-corrected chi connectivity index (χ0v) is 16.3. The first-order chi connectivity index (χ1) is 12.0.